The summed E-state index contributed by atoms with van der Waals surface area (Å²) >= 11 is 11.0. The smallest absolute Gasteiger partial charge is 0.0229 e. The molecule has 0 nitrogen and oxygen atoms in total. The van der Waals surface area contributed by atoms with E-state index in [1.54, 1.807) is 0 Å². The monoisotopic (exact) mass is 338 g/mol. The Morgan fingerprint density at radius 2 is 1.28 bits per heavy atom. The molecule has 3 aliphatic rings. The lowest BCUT2D eigenvalue weighted by molar-refractivity contribution is 0.552. The maximum atomic E-state index is 2.27. The topological polar surface area (TPSA) is 0 Å². The highest BCUT2D eigenvalue weighted by Gasteiger charge is 2.26. The van der Waals surface area contributed by atoms with Gasteiger partial charge in [-0.25, -0.2) is 0 Å². The van der Waals surface area contributed by atoms with Crippen LogP contribution < -0.4 is 0 Å². The van der Waals surface area contributed by atoms with Crippen LogP contribution in [0, 0.1) is 5.92 Å². The highest BCUT2D eigenvalue weighted by Crippen LogP contribution is 2.38. The van der Waals surface area contributed by atoms with E-state index in [1.807, 2.05) is 0 Å². The molecule has 0 aliphatic carbocycles. The van der Waals surface area contributed by atoms with Gasteiger partial charge in [-0.1, -0.05) is 0 Å². The van der Waals surface area contributed by atoms with Crippen LogP contribution >= 0.6 is 58.8 Å². The lowest BCUT2D eigenvalue weighted by Gasteiger charge is -2.27. The van der Waals surface area contributed by atoms with E-state index in [-0.39, 0.29) is 0 Å². The molecule has 0 saturated carbocycles. The van der Waals surface area contributed by atoms with Gasteiger partial charge < -0.3 is 0 Å². The van der Waals surface area contributed by atoms with E-state index in [1.165, 1.54) is 53.1 Å². The summed E-state index contributed by atoms with van der Waals surface area (Å²) in [7, 11) is 0. The molecule has 0 amide bonds. The van der Waals surface area contributed by atoms with Crippen LogP contribution in [0.5, 0.6) is 0 Å². The minimum absolute atomic E-state index is 0.971. The van der Waals surface area contributed by atoms with Crippen LogP contribution in [-0.2, 0) is 0 Å². The van der Waals surface area contributed by atoms with Crippen LogP contribution in [-0.4, -0.2) is 56.0 Å². The first-order valence-electron chi connectivity index (χ1n) is 6.90. The maximum Gasteiger partial charge on any atom is 0.0229 e. The Morgan fingerprint density at radius 1 is 0.667 bits per heavy atom. The van der Waals surface area contributed by atoms with E-state index < -0.39 is 0 Å². The van der Waals surface area contributed by atoms with Gasteiger partial charge in [-0.05, 0) is 30.3 Å². The minimum Gasteiger partial charge on any atom is -0.161 e. The SMILES string of the molecule is C1CC(CSCC2CS2)SCC1CSCC1CS1. The van der Waals surface area contributed by atoms with Gasteiger partial charge in [-0.3, -0.25) is 0 Å². The van der Waals surface area contributed by atoms with Gasteiger partial charge in [0.05, 0.1) is 0 Å². The highest BCUT2D eigenvalue weighted by molar-refractivity contribution is 8.09. The van der Waals surface area contributed by atoms with Crippen molar-refractivity contribution in [3.8, 4) is 0 Å². The first kappa shape index (κ1) is 14.7. The van der Waals surface area contributed by atoms with Crippen molar-refractivity contribution in [2.75, 3.05) is 40.3 Å². The second-order valence-corrected chi connectivity index (χ2v) is 11.5. The Bertz CT molecular complexity index is 218. The van der Waals surface area contributed by atoms with E-state index in [0.29, 0.717) is 0 Å². The number of rotatable bonds is 8. The van der Waals surface area contributed by atoms with Crippen molar-refractivity contribution in [2.45, 2.75) is 28.6 Å². The van der Waals surface area contributed by atoms with E-state index in [2.05, 4.69) is 58.8 Å². The second-order valence-electron chi connectivity index (χ2n) is 5.38. The van der Waals surface area contributed by atoms with Crippen molar-refractivity contribution in [2.24, 2.45) is 5.92 Å². The quantitative estimate of drug-likeness (QED) is 0.607. The Morgan fingerprint density at radius 3 is 1.83 bits per heavy atom. The lowest BCUT2D eigenvalue weighted by Crippen LogP contribution is -2.21. The van der Waals surface area contributed by atoms with Gasteiger partial charge >= 0.3 is 0 Å². The Balaban J connectivity index is 1.21. The van der Waals surface area contributed by atoms with E-state index in [4.69, 9.17) is 0 Å². The lowest BCUT2D eigenvalue weighted by atomic mass is 10.1. The summed E-state index contributed by atoms with van der Waals surface area (Å²) in [6.45, 7) is 0. The normalized spacial score (nSPS) is 38.7. The molecule has 0 aromatic rings. The van der Waals surface area contributed by atoms with Crippen LogP contribution in [0.1, 0.15) is 12.8 Å². The van der Waals surface area contributed by atoms with Gasteiger partial charge in [0.25, 0.3) is 0 Å². The summed E-state index contributed by atoms with van der Waals surface area (Å²) in [5, 5.41) is 3.02. The molecule has 5 heteroatoms. The van der Waals surface area contributed by atoms with Crippen molar-refractivity contribution in [1.29, 1.82) is 0 Å². The number of hydrogen-bond donors (Lipinski definition) is 0. The largest absolute Gasteiger partial charge is 0.161 e. The zero-order valence-electron chi connectivity index (χ0n) is 10.7. The average Bonchev–Trinajstić information content (AvgIpc) is 3.25. The fourth-order valence-electron chi connectivity index (χ4n) is 2.15. The fourth-order valence-corrected chi connectivity index (χ4v) is 8.34. The summed E-state index contributed by atoms with van der Waals surface area (Å²) in [6.07, 6.45) is 2.99. The van der Waals surface area contributed by atoms with Crippen molar-refractivity contribution in [1.82, 2.24) is 0 Å². The van der Waals surface area contributed by atoms with Crippen molar-refractivity contribution in [3.05, 3.63) is 0 Å². The standard InChI is InChI=1S/C13H22S5/c1-2-11(5-15-7-13-9-18-13)16-4-10(1)3-14-6-12-8-17-12/h10-13H,1-9H2. The summed E-state index contributed by atoms with van der Waals surface area (Å²) in [4.78, 5) is 0. The van der Waals surface area contributed by atoms with Crippen LogP contribution in [0.3, 0.4) is 0 Å². The first-order valence-corrected chi connectivity index (χ1v) is 12.4. The molecule has 104 valence electrons. The van der Waals surface area contributed by atoms with Gasteiger partial charge in [0, 0.05) is 44.5 Å². The zero-order chi connectivity index (χ0) is 12.2. The van der Waals surface area contributed by atoms with Crippen molar-refractivity contribution < 1.29 is 0 Å². The van der Waals surface area contributed by atoms with Gasteiger partial charge in [0.15, 0.2) is 0 Å². The molecule has 0 radical (unpaired) electrons. The molecule has 3 heterocycles. The third-order valence-corrected chi connectivity index (χ3v) is 10.3. The van der Waals surface area contributed by atoms with Crippen LogP contribution in [0.25, 0.3) is 0 Å². The molecule has 0 aromatic heterocycles. The summed E-state index contributed by atoms with van der Waals surface area (Å²) in [6, 6.07) is 0. The number of hydrogen-bond acceptors (Lipinski definition) is 5. The molecule has 4 unspecified atom stereocenters. The molecule has 3 rings (SSSR count). The Hall–Kier alpha value is 1.75. The molecule has 3 fully saturated rings. The molecule has 0 spiro atoms. The Labute approximate surface area is 133 Å². The van der Waals surface area contributed by atoms with Gasteiger partial charge in [-0.2, -0.15) is 58.8 Å². The summed E-state index contributed by atoms with van der Waals surface area (Å²) in [5.74, 6) is 11.0. The second kappa shape index (κ2) is 7.67. The fraction of sp³-hybridized carbons (Fsp3) is 1.00. The summed E-state index contributed by atoms with van der Waals surface area (Å²) in [5.41, 5.74) is 0. The molecule has 0 N–H and O–H groups in total. The van der Waals surface area contributed by atoms with Gasteiger partial charge in [0.1, 0.15) is 0 Å². The minimum atomic E-state index is 0.971. The molecule has 3 aliphatic heterocycles. The van der Waals surface area contributed by atoms with E-state index >= 15 is 0 Å². The maximum absolute atomic E-state index is 2.27. The third kappa shape index (κ3) is 5.63. The van der Waals surface area contributed by atoms with Gasteiger partial charge in [-0.15, -0.1) is 0 Å². The van der Waals surface area contributed by atoms with Crippen LogP contribution in [0.15, 0.2) is 0 Å². The van der Waals surface area contributed by atoms with Crippen LogP contribution in [0.2, 0.25) is 0 Å². The van der Waals surface area contributed by atoms with Gasteiger partial charge in [0.2, 0.25) is 0 Å². The predicted octanol–water partition coefficient (Wildman–Crippen LogP) is 4.20. The molecule has 0 aromatic carbocycles. The summed E-state index contributed by atoms with van der Waals surface area (Å²) < 4.78 is 0. The van der Waals surface area contributed by atoms with Crippen molar-refractivity contribution in [3.63, 3.8) is 0 Å². The van der Waals surface area contributed by atoms with Crippen LogP contribution in [0.4, 0.5) is 0 Å². The Kier molecular flexibility index (Phi) is 6.26. The molecular formula is C13H22S5. The predicted molar refractivity (Wildman–Crippen MR) is 96.1 cm³/mol. The molecule has 0 bridgehead atoms. The van der Waals surface area contributed by atoms with E-state index in [9.17, 15) is 0 Å². The molecule has 4 atom stereocenters. The third-order valence-electron chi connectivity index (χ3n) is 3.53. The average molecular weight is 339 g/mol. The first-order chi connectivity index (χ1) is 8.90. The molecule has 3 saturated heterocycles. The van der Waals surface area contributed by atoms with Crippen molar-refractivity contribution >= 4 is 58.8 Å². The molecule has 18 heavy (non-hydrogen) atoms. The van der Waals surface area contributed by atoms with E-state index in [0.717, 1.165) is 21.7 Å². The zero-order valence-corrected chi connectivity index (χ0v) is 14.8. The highest BCUT2D eigenvalue weighted by atomic mass is 32.2. The molecular weight excluding hydrogens is 316 g/mol. The number of thioether (sulfide) groups is 5.